The van der Waals surface area contributed by atoms with E-state index in [0.29, 0.717) is 0 Å². The minimum absolute atomic E-state index is 0.988. The van der Waals surface area contributed by atoms with Crippen LogP contribution in [-0.2, 0) is 0 Å². The summed E-state index contributed by atoms with van der Waals surface area (Å²) in [7, 11) is 2.08. The molecule has 0 aliphatic heterocycles. The minimum atomic E-state index is 0.988. The van der Waals surface area contributed by atoms with Crippen LogP contribution in [0.15, 0.2) is 91.9 Å². The molecule has 0 unspecified atom stereocenters. The lowest BCUT2D eigenvalue weighted by Gasteiger charge is -2.07. The first-order valence-electron chi connectivity index (χ1n) is 7.63. The highest BCUT2D eigenvalue weighted by Crippen LogP contribution is 2.21. The number of aromatic nitrogens is 2. The van der Waals surface area contributed by atoms with Crippen molar-refractivity contribution in [2.45, 2.75) is 6.92 Å². The molecule has 0 aliphatic rings. The lowest BCUT2D eigenvalue weighted by molar-refractivity contribution is 1.08. The van der Waals surface area contributed by atoms with Gasteiger partial charge in [-0.05, 0) is 23.6 Å². The average Bonchev–Trinajstić information content (AvgIpc) is 3.13. The van der Waals surface area contributed by atoms with E-state index in [1.54, 1.807) is 12.5 Å². The van der Waals surface area contributed by atoms with Crippen LogP contribution >= 0.6 is 0 Å². The molecule has 0 atom stereocenters. The van der Waals surface area contributed by atoms with Crippen LogP contribution in [0.25, 0.3) is 11.3 Å². The van der Waals surface area contributed by atoms with Gasteiger partial charge in [0.05, 0.1) is 6.33 Å². The summed E-state index contributed by atoms with van der Waals surface area (Å²) in [4.78, 5) is 3.85. The molecular weight excluding hydrogens is 279 g/mol. The molecule has 0 aliphatic carbocycles. The topological polar surface area (TPSA) is 17.8 Å². The second kappa shape index (κ2) is 8.59. The summed E-state index contributed by atoms with van der Waals surface area (Å²) < 4.78 is 1.86. The Kier molecular flexibility index (Phi) is 6.19. The van der Waals surface area contributed by atoms with Crippen molar-refractivity contribution in [2.75, 3.05) is 0 Å². The molecule has 3 aromatic rings. The van der Waals surface area contributed by atoms with Crippen molar-refractivity contribution in [1.29, 1.82) is 0 Å². The van der Waals surface area contributed by atoms with Gasteiger partial charge in [0.1, 0.15) is 7.85 Å². The fourth-order valence-corrected chi connectivity index (χ4v) is 2.22. The van der Waals surface area contributed by atoms with Crippen LogP contribution in [0, 0.1) is 0 Å². The maximum absolute atomic E-state index is 3.85. The third-order valence-corrected chi connectivity index (χ3v) is 3.40. The molecule has 0 bridgehead atoms. The van der Waals surface area contributed by atoms with Crippen molar-refractivity contribution in [3.63, 3.8) is 0 Å². The normalized spacial score (nSPS) is 9.43. The highest BCUT2D eigenvalue weighted by atomic mass is 15.0. The van der Waals surface area contributed by atoms with E-state index >= 15 is 0 Å². The maximum Gasteiger partial charge on any atom is 0.130 e. The molecule has 0 saturated heterocycles. The first-order chi connectivity index (χ1) is 11.2. The molecule has 0 saturated carbocycles. The van der Waals surface area contributed by atoms with Crippen LogP contribution in [0.2, 0.25) is 0 Å². The van der Waals surface area contributed by atoms with E-state index < -0.39 is 0 Å². The van der Waals surface area contributed by atoms with Gasteiger partial charge < -0.3 is 4.57 Å². The predicted octanol–water partition coefficient (Wildman–Crippen LogP) is 4.08. The Balaban J connectivity index is 0.000000203. The predicted molar refractivity (Wildman–Crippen MR) is 102 cm³/mol. The molecule has 0 radical (unpaired) electrons. The largest absolute Gasteiger partial charge is 0.311 e. The standard InChI is InChI=1S/C14H13B.C6H8N2/c15-11-14(12-7-3-1-4-8-12)13-9-5-2-6-10-13;1-6(2)8-4-3-7-5-8/h1-11H,15H2;3-5H,1H2,2H3. The Morgan fingerprint density at radius 3 is 1.83 bits per heavy atom. The minimum Gasteiger partial charge on any atom is -0.311 e. The van der Waals surface area contributed by atoms with Crippen LogP contribution in [0.3, 0.4) is 0 Å². The fourth-order valence-electron chi connectivity index (χ4n) is 2.22. The Morgan fingerprint density at radius 2 is 1.52 bits per heavy atom. The molecule has 2 aromatic carbocycles. The van der Waals surface area contributed by atoms with Gasteiger partial charge in [0, 0.05) is 18.1 Å². The SMILES string of the molecule is BC=C(c1ccccc1)c1ccccc1.C=C(C)n1ccnc1. The molecule has 1 heterocycles. The van der Waals surface area contributed by atoms with E-state index in [-0.39, 0.29) is 0 Å². The fraction of sp³-hybridized carbons (Fsp3) is 0.0500. The van der Waals surface area contributed by atoms with Gasteiger partial charge in [0.2, 0.25) is 0 Å². The van der Waals surface area contributed by atoms with E-state index in [1.165, 1.54) is 16.7 Å². The lowest BCUT2D eigenvalue weighted by atomic mass is 9.92. The summed E-state index contributed by atoms with van der Waals surface area (Å²) in [5, 5.41) is 0. The lowest BCUT2D eigenvalue weighted by Crippen LogP contribution is -1.87. The first-order valence-corrected chi connectivity index (χ1v) is 7.63. The van der Waals surface area contributed by atoms with Gasteiger partial charge in [-0.15, -0.1) is 5.98 Å². The van der Waals surface area contributed by atoms with Gasteiger partial charge >= 0.3 is 0 Å². The zero-order valence-corrected chi connectivity index (χ0v) is 13.7. The number of benzene rings is 2. The third kappa shape index (κ3) is 4.85. The molecule has 3 heteroatoms. The number of imidazole rings is 1. The number of hydrogen-bond acceptors (Lipinski definition) is 1. The van der Waals surface area contributed by atoms with Gasteiger partial charge in [0.15, 0.2) is 0 Å². The summed E-state index contributed by atoms with van der Waals surface area (Å²) in [6.45, 7) is 5.65. The van der Waals surface area contributed by atoms with Crippen molar-refractivity contribution < 1.29 is 0 Å². The number of rotatable bonds is 3. The average molecular weight is 300 g/mol. The summed E-state index contributed by atoms with van der Waals surface area (Å²) in [6, 6.07) is 20.9. The smallest absolute Gasteiger partial charge is 0.130 e. The van der Waals surface area contributed by atoms with Crippen molar-refractivity contribution in [3.8, 4) is 0 Å². The van der Waals surface area contributed by atoms with E-state index in [1.807, 2.05) is 29.8 Å². The molecule has 2 nitrogen and oxygen atoms in total. The van der Waals surface area contributed by atoms with Crippen LogP contribution in [0.4, 0.5) is 0 Å². The molecule has 3 rings (SSSR count). The number of allylic oxidation sites excluding steroid dienone is 1. The van der Waals surface area contributed by atoms with Crippen molar-refractivity contribution in [3.05, 3.63) is 103 Å². The summed E-state index contributed by atoms with van der Waals surface area (Å²) in [5.41, 5.74) is 4.82. The second-order valence-corrected chi connectivity index (χ2v) is 5.14. The Bertz CT molecular complexity index is 703. The summed E-state index contributed by atoms with van der Waals surface area (Å²) in [5.74, 6) is 2.16. The first kappa shape index (κ1) is 16.6. The van der Waals surface area contributed by atoms with Crippen LogP contribution in [0.5, 0.6) is 0 Å². The Hall–Kier alpha value is -2.81. The van der Waals surface area contributed by atoms with Gasteiger partial charge in [-0.3, -0.25) is 0 Å². The van der Waals surface area contributed by atoms with Gasteiger partial charge in [-0.25, -0.2) is 4.98 Å². The Morgan fingerprint density at radius 1 is 1.00 bits per heavy atom. The van der Waals surface area contributed by atoms with Crippen LogP contribution < -0.4 is 0 Å². The number of nitrogens with zero attached hydrogens (tertiary/aromatic N) is 2. The Labute approximate surface area is 139 Å². The van der Waals surface area contributed by atoms with Crippen molar-refractivity contribution in [2.24, 2.45) is 0 Å². The summed E-state index contributed by atoms with van der Waals surface area (Å²) in [6.07, 6.45) is 5.32. The maximum atomic E-state index is 3.85. The zero-order valence-electron chi connectivity index (χ0n) is 13.7. The van der Waals surface area contributed by atoms with E-state index in [9.17, 15) is 0 Å². The third-order valence-electron chi connectivity index (χ3n) is 3.40. The summed E-state index contributed by atoms with van der Waals surface area (Å²) >= 11 is 0. The van der Waals surface area contributed by atoms with Crippen molar-refractivity contribution >= 4 is 19.1 Å². The molecule has 1 aromatic heterocycles. The highest BCUT2D eigenvalue weighted by Gasteiger charge is 2.01. The van der Waals surface area contributed by atoms with Crippen LogP contribution in [0.1, 0.15) is 18.1 Å². The van der Waals surface area contributed by atoms with E-state index in [0.717, 1.165) is 5.70 Å². The zero-order chi connectivity index (χ0) is 16.5. The molecule has 0 fully saturated rings. The van der Waals surface area contributed by atoms with Gasteiger partial charge in [-0.1, -0.05) is 67.2 Å². The molecule has 0 amide bonds. The second-order valence-electron chi connectivity index (χ2n) is 5.14. The molecular formula is C20H21BN2. The van der Waals surface area contributed by atoms with Gasteiger partial charge in [-0.2, -0.15) is 0 Å². The molecule has 23 heavy (non-hydrogen) atoms. The quantitative estimate of drug-likeness (QED) is 0.666. The van der Waals surface area contributed by atoms with E-state index in [2.05, 4.69) is 73.9 Å². The van der Waals surface area contributed by atoms with Crippen LogP contribution in [-0.4, -0.2) is 17.4 Å². The van der Waals surface area contributed by atoms with E-state index in [4.69, 9.17) is 0 Å². The number of hydrogen-bond donors (Lipinski definition) is 0. The molecule has 0 spiro atoms. The van der Waals surface area contributed by atoms with Crippen molar-refractivity contribution in [1.82, 2.24) is 9.55 Å². The molecule has 114 valence electrons. The monoisotopic (exact) mass is 300 g/mol. The molecule has 0 N–H and O–H groups in total. The highest BCUT2D eigenvalue weighted by molar-refractivity contribution is 6.21. The van der Waals surface area contributed by atoms with Gasteiger partial charge in [0.25, 0.3) is 0 Å².